The van der Waals surface area contributed by atoms with E-state index in [9.17, 15) is 4.79 Å². The van der Waals surface area contributed by atoms with Crippen LogP contribution in [0.1, 0.15) is 31.7 Å². The first kappa shape index (κ1) is 17.4. The van der Waals surface area contributed by atoms with Crippen molar-refractivity contribution < 1.29 is 4.79 Å². The van der Waals surface area contributed by atoms with E-state index in [1.165, 1.54) is 0 Å². The zero-order valence-electron chi connectivity index (χ0n) is 11.0. The van der Waals surface area contributed by atoms with Gasteiger partial charge in [-0.1, -0.05) is 13.3 Å². The van der Waals surface area contributed by atoms with E-state index >= 15 is 0 Å². The van der Waals surface area contributed by atoms with Crippen molar-refractivity contribution in [3.05, 3.63) is 16.6 Å². The van der Waals surface area contributed by atoms with Gasteiger partial charge in [-0.25, -0.2) is 4.98 Å². The number of likely N-dealkylation sites (N-methyl/N-ethyl adjacent to an activating group) is 1. The molecule has 0 aliphatic carbocycles. The van der Waals surface area contributed by atoms with E-state index in [1.807, 2.05) is 24.1 Å². The second-order valence-electron chi connectivity index (χ2n) is 3.99. The van der Waals surface area contributed by atoms with Gasteiger partial charge in [-0.15, -0.1) is 23.7 Å². The lowest BCUT2D eigenvalue weighted by Crippen LogP contribution is -2.44. The van der Waals surface area contributed by atoms with Crippen molar-refractivity contribution >= 4 is 29.7 Å². The molecule has 1 rings (SSSR count). The van der Waals surface area contributed by atoms with Crippen molar-refractivity contribution in [1.29, 1.82) is 0 Å². The van der Waals surface area contributed by atoms with Crippen LogP contribution in [0.15, 0.2) is 11.6 Å². The van der Waals surface area contributed by atoms with Crippen LogP contribution < -0.4 is 5.73 Å². The summed E-state index contributed by atoms with van der Waals surface area (Å²) in [4.78, 5) is 18.0. The van der Waals surface area contributed by atoms with E-state index < -0.39 is 0 Å². The normalized spacial score (nSPS) is 11.7. The molecule has 18 heavy (non-hydrogen) atoms. The molecule has 104 valence electrons. The van der Waals surface area contributed by atoms with Gasteiger partial charge >= 0.3 is 0 Å². The Bertz CT molecular complexity index is 332. The first-order valence-corrected chi connectivity index (χ1v) is 6.99. The van der Waals surface area contributed by atoms with Crippen LogP contribution in [0.4, 0.5) is 0 Å². The molecule has 0 spiro atoms. The third kappa shape index (κ3) is 5.33. The average molecular weight is 292 g/mol. The molecule has 6 heteroatoms. The topological polar surface area (TPSA) is 59.2 Å². The van der Waals surface area contributed by atoms with Crippen molar-refractivity contribution in [2.24, 2.45) is 5.73 Å². The largest absolute Gasteiger partial charge is 0.341 e. The van der Waals surface area contributed by atoms with Crippen LogP contribution in [0.2, 0.25) is 0 Å². The number of rotatable bonds is 7. The van der Waals surface area contributed by atoms with E-state index in [0.717, 1.165) is 24.3 Å². The van der Waals surface area contributed by atoms with Gasteiger partial charge in [0.25, 0.3) is 0 Å². The minimum absolute atomic E-state index is 0. The molecule has 0 bridgehead atoms. The summed E-state index contributed by atoms with van der Waals surface area (Å²) in [5.74, 6) is 0.0610. The Morgan fingerprint density at radius 2 is 2.28 bits per heavy atom. The highest BCUT2D eigenvalue weighted by molar-refractivity contribution is 7.09. The maximum Gasteiger partial charge on any atom is 0.239 e. The number of thiazole rings is 1. The standard InChI is InChI=1S/C12H21N3OS.ClH/c1-3-5-10(13)12(16)15(4-2)8-6-11-14-7-9-17-11;/h7,9-10H,3-6,8,13H2,1-2H3;1H. The molecule has 1 aromatic rings. The van der Waals surface area contributed by atoms with Crippen LogP contribution in [-0.2, 0) is 11.2 Å². The highest BCUT2D eigenvalue weighted by atomic mass is 35.5. The van der Waals surface area contributed by atoms with Crippen molar-refractivity contribution in [3.63, 3.8) is 0 Å². The molecule has 0 saturated carbocycles. The SMILES string of the molecule is CCCC(N)C(=O)N(CC)CCc1nccs1.Cl. The average Bonchev–Trinajstić information content (AvgIpc) is 2.83. The molecule has 0 saturated heterocycles. The highest BCUT2D eigenvalue weighted by Crippen LogP contribution is 2.07. The van der Waals surface area contributed by atoms with E-state index in [2.05, 4.69) is 4.98 Å². The molecule has 1 aromatic heterocycles. The quantitative estimate of drug-likeness (QED) is 0.837. The molecule has 0 aromatic carbocycles. The van der Waals surface area contributed by atoms with Crippen LogP contribution in [0.5, 0.6) is 0 Å². The molecule has 0 aliphatic heterocycles. The summed E-state index contributed by atoms with van der Waals surface area (Å²) in [5.41, 5.74) is 5.85. The summed E-state index contributed by atoms with van der Waals surface area (Å²) < 4.78 is 0. The Hall–Kier alpha value is -0.650. The lowest BCUT2D eigenvalue weighted by molar-refractivity contribution is -0.132. The van der Waals surface area contributed by atoms with E-state index in [1.54, 1.807) is 17.5 Å². The maximum atomic E-state index is 12.0. The Labute approximate surface area is 119 Å². The molecule has 0 aliphatic rings. The number of halogens is 1. The van der Waals surface area contributed by atoms with Gasteiger partial charge in [-0.3, -0.25) is 4.79 Å². The number of nitrogens with two attached hydrogens (primary N) is 1. The van der Waals surface area contributed by atoms with Gasteiger partial charge in [-0.2, -0.15) is 0 Å². The highest BCUT2D eigenvalue weighted by Gasteiger charge is 2.18. The Balaban J connectivity index is 0.00000289. The van der Waals surface area contributed by atoms with E-state index in [0.29, 0.717) is 13.1 Å². The third-order valence-electron chi connectivity index (χ3n) is 2.69. The van der Waals surface area contributed by atoms with Gasteiger partial charge in [0.15, 0.2) is 0 Å². The van der Waals surface area contributed by atoms with Crippen molar-refractivity contribution in [2.75, 3.05) is 13.1 Å². The number of hydrogen-bond donors (Lipinski definition) is 1. The Kier molecular flexibility index (Phi) is 8.97. The molecule has 4 nitrogen and oxygen atoms in total. The lowest BCUT2D eigenvalue weighted by Gasteiger charge is -2.23. The number of hydrogen-bond acceptors (Lipinski definition) is 4. The van der Waals surface area contributed by atoms with E-state index in [4.69, 9.17) is 5.73 Å². The van der Waals surface area contributed by atoms with Gasteiger partial charge in [-0.05, 0) is 13.3 Å². The fourth-order valence-corrected chi connectivity index (χ4v) is 2.31. The summed E-state index contributed by atoms with van der Waals surface area (Å²) >= 11 is 1.63. The molecule has 1 atom stereocenters. The summed E-state index contributed by atoms with van der Waals surface area (Å²) in [6.07, 6.45) is 4.31. The molecule has 1 unspecified atom stereocenters. The van der Waals surface area contributed by atoms with Crippen molar-refractivity contribution in [3.8, 4) is 0 Å². The first-order chi connectivity index (χ1) is 8.19. The monoisotopic (exact) mass is 291 g/mol. The minimum Gasteiger partial charge on any atom is -0.341 e. The molecular weight excluding hydrogens is 270 g/mol. The smallest absolute Gasteiger partial charge is 0.239 e. The second-order valence-corrected chi connectivity index (χ2v) is 4.97. The summed E-state index contributed by atoms with van der Waals surface area (Å²) in [6.45, 7) is 5.44. The van der Waals surface area contributed by atoms with Crippen LogP contribution >= 0.6 is 23.7 Å². The molecule has 1 heterocycles. The Morgan fingerprint density at radius 1 is 1.56 bits per heavy atom. The van der Waals surface area contributed by atoms with Crippen LogP contribution in [0.25, 0.3) is 0 Å². The van der Waals surface area contributed by atoms with Crippen molar-refractivity contribution in [1.82, 2.24) is 9.88 Å². The minimum atomic E-state index is -0.351. The number of amides is 1. The maximum absolute atomic E-state index is 12.0. The zero-order chi connectivity index (χ0) is 12.7. The fraction of sp³-hybridized carbons (Fsp3) is 0.667. The molecule has 0 fully saturated rings. The van der Waals surface area contributed by atoms with Crippen molar-refractivity contribution in [2.45, 2.75) is 39.2 Å². The number of carbonyl (C=O) groups excluding carboxylic acids is 1. The molecule has 2 N–H and O–H groups in total. The number of nitrogens with zero attached hydrogens (tertiary/aromatic N) is 2. The van der Waals surface area contributed by atoms with Gasteiger partial charge in [0, 0.05) is 31.1 Å². The predicted octanol–water partition coefficient (Wildman–Crippen LogP) is 2.08. The van der Waals surface area contributed by atoms with Gasteiger partial charge in [0.1, 0.15) is 0 Å². The first-order valence-electron chi connectivity index (χ1n) is 6.11. The summed E-state index contributed by atoms with van der Waals surface area (Å²) in [7, 11) is 0. The summed E-state index contributed by atoms with van der Waals surface area (Å²) in [5, 5.41) is 3.02. The van der Waals surface area contributed by atoms with E-state index in [-0.39, 0.29) is 24.4 Å². The number of carbonyl (C=O) groups is 1. The fourth-order valence-electron chi connectivity index (χ4n) is 1.70. The molecular formula is C12H22ClN3OS. The lowest BCUT2D eigenvalue weighted by atomic mass is 10.1. The number of aromatic nitrogens is 1. The van der Waals surface area contributed by atoms with Gasteiger partial charge in [0.2, 0.25) is 5.91 Å². The molecule has 0 radical (unpaired) electrons. The Morgan fingerprint density at radius 3 is 2.78 bits per heavy atom. The summed E-state index contributed by atoms with van der Waals surface area (Å²) in [6, 6.07) is -0.351. The zero-order valence-corrected chi connectivity index (χ0v) is 12.6. The third-order valence-corrected chi connectivity index (χ3v) is 3.53. The molecule has 1 amide bonds. The van der Waals surface area contributed by atoms with Gasteiger partial charge < -0.3 is 10.6 Å². The predicted molar refractivity (Wildman–Crippen MR) is 78.2 cm³/mol. The second kappa shape index (κ2) is 9.30. The van der Waals surface area contributed by atoms with Crippen LogP contribution in [0, 0.1) is 0 Å². The van der Waals surface area contributed by atoms with Gasteiger partial charge in [0.05, 0.1) is 11.0 Å². The van der Waals surface area contributed by atoms with Crippen LogP contribution in [-0.4, -0.2) is 34.9 Å². The van der Waals surface area contributed by atoms with Crippen LogP contribution in [0.3, 0.4) is 0 Å².